The van der Waals surface area contributed by atoms with Crippen LogP contribution in [0.15, 0.2) is 0 Å². The molecule has 0 spiro atoms. The van der Waals surface area contributed by atoms with Crippen LogP contribution in [0.3, 0.4) is 0 Å². The van der Waals surface area contributed by atoms with E-state index >= 15 is 0 Å². The lowest BCUT2D eigenvalue weighted by Crippen LogP contribution is -2.27. The molecule has 1 N–H and O–H groups in total. The summed E-state index contributed by atoms with van der Waals surface area (Å²) < 4.78 is 0. The van der Waals surface area contributed by atoms with Gasteiger partial charge >= 0.3 is 0 Å². The zero-order valence-electron chi connectivity index (χ0n) is 6.54. The van der Waals surface area contributed by atoms with E-state index in [0.717, 1.165) is 6.54 Å². The van der Waals surface area contributed by atoms with Gasteiger partial charge in [0, 0.05) is 19.5 Å². The second-order valence-electron chi connectivity index (χ2n) is 2.52. The fourth-order valence-electron chi connectivity index (χ4n) is 0.783. The van der Waals surface area contributed by atoms with E-state index in [4.69, 9.17) is 10.4 Å². The van der Waals surface area contributed by atoms with Crippen LogP contribution in [-0.4, -0.2) is 36.2 Å². The molecule has 0 bridgehead atoms. The van der Waals surface area contributed by atoms with Crippen molar-refractivity contribution < 1.29 is 5.11 Å². The Bertz CT molecular complexity index is 117. The van der Waals surface area contributed by atoms with Crippen molar-refractivity contribution in [3.05, 3.63) is 0 Å². The topological polar surface area (TPSA) is 47.3 Å². The highest BCUT2D eigenvalue weighted by Gasteiger charge is 2.00. The summed E-state index contributed by atoms with van der Waals surface area (Å²) in [5, 5.41) is 17.1. The first-order valence-corrected chi connectivity index (χ1v) is 3.40. The van der Waals surface area contributed by atoms with Gasteiger partial charge in [0.1, 0.15) is 0 Å². The summed E-state index contributed by atoms with van der Waals surface area (Å²) in [4.78, 5) is 1.94. The minimum Gasteiger partial charge on any atom is -0.392 e. The summed E-state index contributed by atoms with van der Waals surface area (Å²) in [7, 11) is 1.89. The zero-order chi connectivity index (χ0) is 7.98. The van der Waals surface area contributed by atoms with Gasteiger partial charge in [0.05, 0.1) is 12.2 Å². The highest BCUT2D eigenvalue weighted by atomic mass is 16.3. The van der Waals surface area contributed by atoms with Crippen LogP contribution < -0.4 is 0 Å². The highest BCUT2D eigenvalue weighted by molar-refractivity contribution is 4.71. The van der Waals surface area contributed by atoms with Gasteiger partial charge in [-0.1, -0.05) is 0 Å². The number of nitrogens with zero attached hydrogens (tertiary/aromatic N) is 2. The molecule has 0 aromatic rings. The number of likely N-dealkylation sites (N-methyl/N-ethyl adjacent to an activating group) is 1. The molecule has 0 saturated heterocycles. The predicted molar refractivity (Wildman–Crippen MR) is 39.4 cm³/mol. The summed E-state index contributed by atoms with van der Waals surface area (Å²) in [5.41, 5.74) is 0. The van der Waals surface area contributed by atoms with Crippen LogP contribution in [0.5, 0.6) is 0 Å². The summed E-state index contributed by atoms with van der Waals surface area (Å²) in [6.07, 6.45) is 0.229. The molecule has 58 valence electrons. The molecule has 0 heterocycles. The molecule has 0 amide bonds. The molecule has 0 aliphatic heterocycles. The van der Waals surface area contributed by atoms with Gasteiger partial charge in [-0.05, 0) is 14.0 Å². The van der Waals surface area contributed by atoms with Crippen LogP contribution in [0.25, 0.3) is 0 Å². The van der Waals surface area contributed by atoms with Gasteiger partial charge in [0.2, 0.25) is 0 Å². The zero-order valence-corrected chi connectivity index (χ0v) is 6.54. The van der Waals surface area contributed by atoms with Crippen LogP contribution in [0.1, 0.15) is 13.3 Å². The summed E-state index contributed by atoms with van der Waals surface area (Å²) in [6, 6.07) is 2.05. The van der Waals surface area contributed by atoms with E-state index in [1.54, 1.807) is 6.92 Å². The molecule has 0 aromatic heterocycles. The maximum atomic E-state index is 8.90. The Hall–Kier alpha value is -0.590. The number of aliphatic hydroxyl groups excluding tert-OH is 1. The van der Waals surface area contributed by atoms with E-state index in [0.29, 0.717) is 13.0 Å². The fourth-order valence-corrected chi connectivity index (χ4v) is 0.783. The first-order chi connectivity index (χ1) is 4.66. The number of hydrogen-bond donors (Lipinski definition) is 1. The van der Waals surface area contributed by atoms with Crippen LogP contribution in [0, 0.1) is 11.3 Å². The fraction of sp³-hybridized carbons (Fsp3) is 0.857. The van der Waals surface area contributed by atoms with Crippen molar-refractivity contribution in [3.8, 4) is 6.07 Å². The second-order valence-corrected chi connectivity index (χ2v) is 2.52. The molecule has 3 heteroatoms. The van der Waals surface area contributed by atoms with Gasteiger partial charge in [0.25, 0.3) is 0 Å². The van der Waals surface area contributed by atoms with Crippen molar-refractivity contribution in [1.29, 1.82) is 5.26 Å². The first-order valence-electron chi connectivity index (χ1n) is 3.40. The van der Waals surface area contributed by atoms with Crippen molar-refractivity contribution in [2.45, 2.75) is 19.4 Å². The quantitative estimate of drug-likeness (QED) is 0.610. The first kappa shape index (κ1) is 9.41. The molecule has 1 atom stereocenters. The molecule has 0 rings (SSSR count). The monoisotopic (exact) mass is 142 g/mol. The second kappa shape index (κ2) is 5.21. The third-order valence-corrected chi connectivity index (χ3v) is 1.18. The van der Waals surface area contributed by atoms with Crippen molar-refractivity contribution in [2.24, 2.45) is 0 Å². The molecular weight excluding hydrogens is 128 g/mol. The van der Waals surface area contributed by atoms with Crippen LogP contribution in [-0.2, 0) is 0 Å². The Morgan fingerprint density at radius 2 is 2.30 bits per heavy atom. The third kappa shape index (κ3) is 5.54. The summed E-state index contributed by atoms with van der Waals surface area (Å²) in [6.45, 7) is 3.12. The largest absolute Gasteiger partial charge is 0.392 e. The lowest BCUT2D eigenvalue weighted by Gasteiger charge is -2.15. The maximum absolute atomic E-state index is 8.90. The van der Waals surface area contributed by atoms with Crippen molar-refractivity contribution in [2.75, 3.05) is 20.1 Å². The number of rotatable bonds is 4. The summed E-state index contributed by atoms with van der Waals surface area (Å²) in [5.74, 6) is 0. The molecular formula is C7H14N2O. The minimum absolute atomic E-state index is 0.302. The maximum Gasteiger partial charge on any atom is 0.0638 e. The molecule has 3 nitrogen and oxygen atoms in total. The molecule has 0 aliphatic rings. The Morgan fingerprint density at radius 1 is 1.70 bits per heavy atom. The van der Waals surface area contributed by atoms with Gasteiger partial charge < -0.3 is 10.0 Å². The Kier molecular flexibility index (Phi) is 4.91. The average Bonchev–Trinajstić information content (AvgIpc) is 1.82. The highest BCUT2D eigenvalue weighted by Crippen LogP contribution is 1.88. The molecule has 0 saturated carbocycles. The van der Waals surface area contributed by atoms with Crippen LogP contribution in [0.2, 0.25) is 0 Å². The van der Waals surface area contributed by atoms with E-state index < -0.39 is 0 Å². The van der Waals surface area contributed by atoms with E-state index in [1.807, 2.05) is 18.0 Å². The van der Waals surface area contributed by atoms with Gasteiger partial charge in [-0.2, -0.15) is 5.26 Å². The van der Waals surface area contributed by atoms with Crippen molar-refractivity contribution in [3.63, 3.8) is 0 Å². The number of nitriles is 1. The smallest absolute Gasteiger partial charge is 0.0638 e. The normalized spacial score (nSPS) is 13.1. The van der Waals surface area contributed by atoms with Gasteiger partial charge in [-0.15, -0.1) is 0 Å². The lowest BCUT2D eigenvalue weighted by atomic mass is 10.3. The Balaban J connectivity index is 3.27. The van der Waals surface area contributed by atoms with E-state index in [2.05, 4.69) is 0 Å². The molecule has 0 aliphatic carbocycles. The SMILES string of the molecule is C[C@@H](O)CN(C)CCC#N. The molecule has 0 fully saturated rings. The van der Waals surface area contributed by atoms with Crippen molar-refractivity contribution in [1.82, 2.24) is 4.90 Å². The molecule has 0 radical (unpaired) electrons. The van der Waals surface area contributed by atoms with E-state index in [9.17, 15) is 0 Å². The van der Waals surface area contributed by atoms with E-state index in [-0.39, 0.29) is 6.10 Å². The summed E-state index contributed by atoms with van der Waals surface area (Å²) >= 11 is 0. The standard InChI is InChI=1S/C7H14N2O/c1-7(10)6-9(2)5-3-4-8/h7,10H,3,5-6H2,1-2H3/t7-/m1/s1. The number of hydrogen-bond acceptors (Lipinski definition) is 3. The lowest BCUT2D eigenvalue weighted by molar-refractivity contribution is 0.143. The predicted octanol–water partition coefficient (Wildman–Crippen LogP) is 0.213. The third-order valence-electron chi connectivity index (χ3n) is 1.18. The average molecular weight is 142 g/mol. The minimum atomic E-state index is -0.302. The van der Waals surface area contributed by atoms with Gasteiger partial charge in [0.15, 0.2) is 0 Å². The Labute approximate surface area is 61.9 Å². The number of aliphatic hydroxyl groups is 1. The van der Waals surface area contributed by atoms with Crippen LogP contribution in [0.4, 0.5) is 0 Å². The van der Waals surface area contributed by atoms with Gasteiger partial charge in [-0.3, -0.25) is 0 Å². The van der Waals surface area contributed by atoms with Crippen molar-refractivity contribution >= 4 is 0 Å². The molecule has 0 unspecified atom stereocenters. The van der Waals surface area contributed by atoms with E-state index in [1.165, 1.54) is 0 Å². The Morgan fingerprint density at radius 3 is 2.70 bits per heavy atom. The molecule has 10 heavy (non-hydrogen) atoms. The van der Waals surface area contributed by atoms with Crippen LogP contribution >= 0.6 is 0 Å². The molecule has 0 aromatic carbocycles. The van der Waals surface area contributed by atoms with Gasteiger partial charge in [-0.25, -0.2) is 0 Å².